The summed E-state index contributed by atoms with van der Waals surface area (Å²) in [7, 11) is 1.77. The van der Waals surface area contributed by atoms with Crippen LogP contribution in [0.1, 0.15) is 28.9 Å². The molecule has 1 unspecified atom stereocenters. The lowest BCUT2D eigenvalue weighted by atomic mass is 10.0. The van der Waals surface area contributed by atoms with Gasteiger partial charge in [-0.15, -0.1) is 0 Å². The Hall–Kier alpha value is -3.61. The first kappa shape index (κ1) is 18.7. The molecule has 1 N–H and O–H groups in total. The van der Waals surface area contributed by atoms with Crippen molar-refractivity contribution in [2.75, 3.05) is 20.3 Å². The summed E-state index contributed by atoms with van der Waals surface area (Å²) < 4.78 is 11.2. The van der Waals surface area contributed by atoms with Gasteiger partial charge in [0.2, 0.25) is 0 Å². The van der Waals surface area contributed by atoms with E-state index in [1.54, 1.807) is 36.3 Å². The Balaban J connectivity index is 1.57. The van der Waals surface area contributed by atoms with Crippen molar-refractivity contribution in [2.24, 2.45) is 0 Å². The van der Waals surface area contributed by atoms with E-state index in [9.17, 15) is 9.59 Å². The molecule has 148 valence electrons. The maximum absolute atomic E-state index is 13.1. The molecule has 2 aromatic carbocycles. The Morgan fingerprint density at radius 1 is 1.10 bits per heavy atom. The molecule has 2 heterocycles. The molecule has 1 aliphatic heterocycles. The predicted octanol–water partition coefficient (Wildman–Crippen LogP) is 3.04. The number of aromatic amines is 1. The predicted molar refractivity (Wildman–Crippen MR) is 108 cm³/mol. The molecule has 0 saturated heterocycles. The zero-order valence-corrected chi connectivity index (χ0v) is 16.2. The number of H-pyrrole nitrogens is 1. The molecule has 0 radical (unpaired) electrons. The van der Waals surface area contributed by atoms with E-state index in [2.05, 4.69) is 9.97 Å². The molecule has 0 bridgehead atoms. The second-order valence-electron chi connectivity index (χ2n) is 6.89. The summed E-state index contributed by atoms with van der Waals surface area (Å²) in [6, 6.07) is 12.7. The van der Waals surface area contributed by atoms with Crippen LogP contribution in [-0.4, -0.2) is 41.0 Å². The van der Waals surface area contributed by atoms with Gasteiger partial charge in [-0.25, -0.2) is 0 Å². The Morgan fingerprint density at radius 3 is 2.69 bits per heavy atom. The third-order valence-corrected chi connectivity index (χ3v) is 5.02. The van der Waals surface area contributed by atoms with Gasteiger partial charge in [-0.05, 0) is 36.8 Å². The van der Waals surface area contributed by atoms with E-state index in [1.807, 2.05) is 31.2 Å². The topological polar surface area (TPSA) is 84.5 Å². The summed E-state index contributed by atoms with van der Waals surface area (Å²) in [6.07, 6.45) is 2.77. The average molecular weight is 391 g/mol. The van der Waals surface area contributed by atoms with Crippen LogP contribution >= 0.6 is 0 Å². The minimum atomic E-state index is -0.288. The number of ether oxygens (including phenoxy) is 2. The van der Waals surface area contributed by atoms with Crippen LogP contribution in [0.15, 0.2) is 59.7 Å². The molecule has 0 spiro atoms. The smallest absolute Gasteiger partial charge is 0.266 e. The van der Waals surface area contributed by atoms with E-state index in [1.165, 1.54) is 6.20 Å². The summed E-state index contributed by atoms with van der Waals surface area (Å²) >= 11 is 0. The number of nitrogens with zero attached hydrogens (tertiary/aromatic N) is 2. The van der Waals surface area contributed by atoms with Gasteiger partial charge in [-0.3, -0.25) is 14.6 Å². The molecule has 29 heavy (non-hydrogen) atoms. The van der Waals surface area contributed by atoms with Crippen molar-refractivity contribution in [1.29, 1.82) is 0 Å². The number of carbonyl (C=O) groups is 1. The average Bonchev–Trinajstić information content (AvgIpc) is 2.77. The Morgan fingerprint density at radius 2 is 1.90 bits per heavy atom. The second-order valence-corrected chi connectivity index (χ2v) is 6.89. The lowest BCUT2D eigenvalue weighted by molar-refractivity contribution is 0.0742. The van der Waals surface area contributed by atoms with E-state index < -0.39 is 0 Å². The number of fused-ring (bicyclic) bond motifs is 1. The third kappa shape index (κ3) is 3.85. The highest BCUT2D eigenvalue weighted by molar-refractivity contribution is 5.95. The highest BCUT2D eigenvalue weighted by Crippen LogP contribution is 2.34. The van der Waals surface area contributed by atoms with Crippen molar-refractivity contribution in [3.05, 3.63) is 76.3 Å². The lowest BCUT2D eigenvalue weighted by Gasteiger charge is -2.27. The minimum Gasteiger partial charge on any atom is -0.486 e. The van der Waals surface area contributed by atoms with Crippen LogP contribution in [0.25, 0.3) is 11.3 Å². The van der Waals surface area contributed by atoms with E-state index in [4.69, 9.17) is 9.47 Å². The number of amides is 1. The molecule has 0 saturated carbocycles. The maximum atomic E-state index is 13.1. The third-order valence-electron chi connectivity index (χ3n) is 5.02. The molecule has 0 fully saturated rings. The summed E-state index contributed by atoms with van der Waals surface area (Å²) in [5, 5.41) is 0. The van der Waals surface area contributed by atoms with Gasteiger partial charge >= 0.3 is 0 Å². The number of carbonyl (C=O) groups excluding carboxylic acids is 1. The van der Waals surface area contributed by atoms with Gasteiger partial charge in [0, 0.05) is 18.2 Å². The van der Waals surface area contributed by atoms with Crippen LogP contribution in [-0.2, 0) is 0 Å². The summed E-state index contributed by atoms with van der Waals surface area (Å²) in [5.74, 6) is 1.30. The number of aromatic nitrogens is 2. The molecular weight excluding hydrogens is 370 g/mol. The SMILES string of the molecule is CC(c1ccc2c(c1)OCCO2)N(C)C(=O)c1cccc(-c2cncc(=O)[nH]2)c1. The maximum Gasteiger partial charge on any atom is 0.266 e. The van der Waals surface area contributed by atoms with Crippen LogP contribution < -0.4 is 15.0 Å². The fourth-order valence-electron chi connectivity index (χ4n) is 3.27. The molecule has 0 aliphatic carbocycles. The quantitative estimate of drug-likeness (QED) is 0.739. The van der Waals surface area contributed by atoms with Gasteiger partial charge in [0.05, 0.1) is 24.1 Å². The second kappa shape index (κ2) is 7.79. The van der Waals surface area contributed by atoms with Crippen molar-refractivity contribution in [2.45, 2.75) is 13.0 Å². The molecule has 1 atom stereocenters. The number of hydrogen-bond acceptors (Lipinski definition) is 5. The molecule has 1 aliphatic rings. The van der Waals surface area contributed by atoms with Gasteiger partial charge in [0.25, 0.3) is 11.5 Å². The molecule has 1 amide bonds. The van der Waals surface area contributed by atoms with Gasteiger partial charge in [-0.2, -0.15) is 0 Å². The van der Waals surface area contributed by atoms with Gasteiger partial charge in [0.1, 0.15) is 13.2 Å². The summed E-state index contributed by atoms with van der Waals surface area (Å²) in [5.41, 5.74) is 2.48. The van der Waals surface area contributed by atoms with Crippen LogP contribution in [0.4, 0.5) is 0 Å². The number of rotatable bonds is 4. The summed E-state index contributed by atoms with van der Waals surface area (Å²) in [4.78, 5) is 32.9. The lowest BCUT2D eigenvalue weighted by Crippen LogP contribution is -2.29. The van der Waals surface area contributed by atoms with Crippen LogP contribution in [0, 0.1) is 0 Å². The molecule has 7 nitrogen and oxygen atoms in total. The first-order valence-corrected chi connectivity index (χ1v) is 9.34. The van der Waals surface area contributed by atoms with E-state index in [-0.39, 0.29) is 17.5 Å². The highest BCUT2D eigenvalue weighted by atomic mass is 16.6. The van der Waals surface area contributed by atoms with Crippen molar-refractivity contribution in [1.82, 2.24) is 14.9 Å². The normalized spacial score (nSPS) is 13.6. The van der Waals surface area contributed by atoms with Crippen molar-refractivity contribution >= 4 is 5.91 Å². The first-order chi connectivity index (χ1) is 14.0. The monoisotopic (exact) mass is 391 g/mol. The number of nitrogens with one attached hydrogen (secondary N) is 1. The van der Waals surface area contributed by atoms with E-state index in [0.29, 0.717) is 30.2 Å². The van der Waals surface area contributed by atoms with Gasteiger partial charge in [-0.1, -0.05) is 18.2 Å². The van der Waals surface area contributed by atoms with Crippen molar-refractivity contribution in [3.63, 3.8) is 0 Å². The zero-order valence-electron chi connectivity index (χ0n) is 16.2. The zero-order chi connectivity index (χ0) is 20.4. The molecular formula is C22H21N3O4. The van der Waals surface area contributed by atoms with Crippen LogP contribution in [0.2, 0.25) is 0 Å². The minimum absolute atomic E-state index is 0.125. The molecule has 1 aromatic heterocycles. The largest absolute Gasteiger partial charge is 0.486 e. The standard InChI is InChI=1S/C22H21N3O4/c1-14(15-6-7-19-20(11-15)29-9-8-28-19)25(2)22(27)17-5-3-4-16(10-17)18-12-23-13-21(26)24-18/h3-7,10-14H,8-9H2,1-2H3,(H,24,26). The van der Waals surface area contributed by atoms with Gasteiger partial charge in [0.15, 0.2) is 11.5 Å². The Labute approximate surface area is 167 Å². The molecule has 3 aromatic rings. The fourth-order valence-corrected chi connectivity index (χ4v) is 3.27. The fraction of sp³-hybridized carbons (Fsp3) is 0.227. The van der Waals surface area contributed by atoms with Crippen LogP contribution in [0.5, 0.6) is 11.5 Å². The Bertz CT molecular complexity index is 1110. The Kier molecular flexibility index (Phi) is 5.03. The number of hydrogen-bond donors (Lipinski definition) is 1. The number of benzene rings is 2. The first-order valence-electron chi connectivity index (χ1n) is 9.34. The van der Waals surface area contributed by atoms with Crippen molar-refractivity contribution < 1.29 is 14.3 Å². The van der Waals surface area contributed by atoms with Crippen molar-refractivity contribution in [3.8, 4) is 22.8 Å². The summed E-state index contributed by atoms with van der Waals surface area (Å²) in [6.45, 7) is 3.02. The van der Waals surface area contributed by atoms with Crippen LogP contribution in [0.3, 0.4) is 0 Å². The highest BCUT2D eigenvalue weighted by Gasteiger charge is 2.21. The molecule has 7 heteroatoms. The molecule has 4 rings (SSSR count). The van der Waals surface area contributed by atoms with Gasteiger partial charge < -0.3 is 19.4 Å². The van der Waals surface area contributed by atoms with E-state index >= 15 is 0 Å². The van der Waals surface area contributed by atoms with E-state index in [0.717, 1.165) is 16.9 Å².